The van der Waals surface area contributed by atoms with Crippen LogP contribution in [0.3, 0.4) is 0 Å². The highest BCUT2D eigenvalue weighted by molar-refractivity contribution is 5.84. The van der Waals surface area contributed by atoms with E-state index in [1.165, 1.54) is 0 Å². The van der Waals surface area contributed by atoms with Crippen molar-refractivity contribution in [2.75, 3.05) is 19.6 Å². The molecule has 2 aliphatic rings. The van der Waals surface area contributed by atoms with Crippen LogP contribution in [-0.4, -0.2) is 42.5 Å². The molecule has 1 atom stereocenters. The molecule has 160 valence electrons. The van der Waals surface area contributed by atoms with Crippen LogP contribution in [0.5, 0.6) is 5.75 Å². The molecule has 7 nitrogen and oxygen atoms in total. The molecule has 0 radical (unpaired) electrons. The number of amides is 2. The molecular formula is C23H28N2O5. The quantitative estimate of drug-likeness (QED) is 0.558. The third-order valence-corrected chi connectivity index (χ3v) is 5.95. The van der Waals surface area contributed by atoms with E-state index in [0.717, 1.165) is 61.6 Å². The minimum absolute atomic E-state index is 0.197. The molecule has 4 rings (SSSR count). The highest BCUT2D eigenvalue weighted by Crippen LogP contribution is 2.29. The average Bonchev–Trinajstić information content (AvgIpc) is 3.15. The maximum Gasteiger partial charge on any atom is 0.339 e. The molecule has 0 bridgehead atoms. The predicted octanol–water partition coefficient (Wildman–Crippen LogP) is 2.57. The lowest BCUT2D eigenvalue weighted by Gasteiger charge is -2.18. The lowest BCUT2D eigenvalue weighted by molar-refractivity contribution is -0.127. The molecule has 1 unspecified atom stereocenters. The van der Waals surface area contributed by atoms with Gasteiger partial charge in [-0.3, -0.25) is 9.59 Å². The molecule has 1 fully saturated rings. The number of hydrogen-bond acceptors (Lipinski definition) is 5. The first-order valence-corrected chi connectivity index (χ1v) is 10.8. The highest BCUT2D eigenvalue weighted by atomic mass is 16.5. The summed E-state index contributed by atoms with van der Waals surface area (Å²) in [6.45, 7) is 3.66. The fraction of sp³-hybridized carbons (Fsp3) is 0.522. The van der Waals surface area contributed by atoms with Crippen LogP contribution >= 0.6 is 0 Å². The SMILES string of the molecule is CC(Oc1ccc2c3c(c(=O)oc2c1)CCCC3)C(=O)NCCCN1CCCC1=O. The summed E-state index contributed by atoms with van der Waals surface area (Å²) >= 11 is 0. The van der Waals surface area contributed by atoms with E-state index in [1.54, 1.807) is 13.0 Å². The van der Waals surface area contributed by atoms with Crippen molar-refractivity contribution in [1.82, 2.24) is 10.2 Å². The molecule has 1 N–H and O–H groups in total. The third kappa shape index (κ3) is 4.35. The van der Waals surface area contributed by atoms with Crippen LogP contribution in [0.4, 0.5) is 0 Å². The van der Waals surface area contributed by atoms with Gasteiger partial charge in [0.2, 0.25) is 5.91 Å². The topological polar surface area (TPSA) is 88.8 Å². The van der Waals surface area contributed by atoms with Crippen molar-refractivity contribution >= 4 is 22.8 Å². The van der Waals surface area contributed by atoms with E-state index in [-0.39, 0.29) is 17.4 Å². The van der Waals surface area contributed by atoms with E-state index in [9.17, 15) is 14.4 Å². The fourth-order valence-corrected chi connectivity index (χ4v) is 4.32. The number of hydrogen-bond donors (Lipinski definition) is 1. The zero-order valence-electron chi connectivity index (χ0n) is 17.4. The Morgan fingerprint density at radius 1 is 1.17 bits per heavy atom. The molecule has 2 heterocycles. The summed E-state index contributed by atoms with van der Waals surface area (Å²) in [4.78, 5) is 38.1. The van der Waals surface area contributed by atoms with E-state index >= 15 is 0 Å². The Kier molecular flexibility index (Phi) is 6.06. The second-order valence-electron chi connectivity index (χ2n) is 8.10. The zero-order chi connectivity index (χ0) is 21.1. The first-order valence-electron chi connectivity index (χ1n) is 10.8. The van der Waals surface area contributed by atoms with Crippen molar-refractivity contribution in [1.29, 1.82) is 0 Å². The van der Waals surface area contributed by atoms with Crippen LogP contribution < -0.4 is 15.7 Å². The average molecular weight is 412 g/mol. The molecule has 1 aliphatic heterocycles. The zero-order valence-corrected chi connectivity index (χ0v) is 17.4. The smallest absolute Gasteiger partial charge is 0.339 e. The lowest BCUT2D eigenvalue weighted by atomic mass is 9.91. The predicted molar refractivity (Wildman–Crippen MR) is 113 cm³/mol. The van der Waals surface area contributed by atoms with Crippen LogP contribution in [0.1, 0.15) is 50.2 Å². The number of nitrogens with one attached hydrogen (secondary N) is 1. The van der Waals surface area contributed by atoms with Gasteiger partial charge in [0, 0.05) is 43.1 Å². The number of rotatable bonds is 7. The molecule has 7 heteroatoms. The van der Waals surface area contributed by atoms with Crippen LogP contribution in [0.15, 0.2) is 27.4 Å². The Morgan fingerprint density at radius 2 is 1.97 bits per heavy atom. The number of fused-ring (bicyclic) bond motifs is 3. The van der Waals surface area contributed by atoms with Crippen LogP contribution in [-0.2, 0) is 22.4 Å². The van der Waals surface area contributed by atoms with Gasteiger partial charge in [0.1, 0.15) is 11.3 Å². The summed E-state index contributed by atoms with van der Waals surface area (Å²) in [6.07, 6.45) is 5.35. The van der Waals surface area contributed by atoms with E-state index in [1.807, 2.05) is 17.0 Å². The van der Waals surface area contributed by atoms with Gasteiger partial charge in [-0.2, -0.15) is 0 Å². The molecular weight excluding hydrogens is 384 g/mol. The largest absolute Gasteiger partial charge is 0.481 e. The van der Waals surface area contributed by atoms with Gasteiger partial charge in [0.05, 0.1) is 0 Å². The molecule has 2 aromatic rings. The lowest BCUT2D eigenvalue weighted by Crippen LogP contribution is -2.38. The summed E-state index contributed by atoms with van der Waals surface area (Å²) in [6, 6.07) is 5.42. The van der Waals surface area contributed by atoms with Crippen molar-refractivity contribution in [2.24, 2.45) is 0 Å². The Bertz CT molecular complexity index is 1010. The molecule has 0 saturated carbocycles. The van der Waals surface area contributed by atoms with Crippen LogP contribution in [0, 0.1) is 0 Å². The maximum atomic E-state index is 12.3. The number of likely N-dealkylation sites (tertiary alicyclic amines) is 1. The standard InChI is InChI=1S/C23H28N2O5/c1-15(22(27)24-11-5-13-25-12-4-8-21(25)26)29-16-9-10-18-17-6-2-3-7-19(17)23(28)30-20(18)14-16/h9-10,14-15H,2-8,11-13H2,1H3,(H,24,27). The third-order valence-electron chi connectivity index (χ3n) is 5.95. The van der Waals surface area contributed by atoms with Gasteiger partial charge in [-0.05, 0) is 63.1 Å². The van der Waals surface area contributed by atoms with Gasteiger partial charge in [0.25, 0.3) is 5.91 Å². The van der Waals surface area contributed by atoms with Gasteiger partial charge in [-0.25, -0.2) is 4.79 Å². The maximum absolute atomic E-state index is 12.3. The molecule has 1 aliphatic carbocycles. The summed E-state index contributed by atoms with van der Waals surface area (Å²) in [5.41, 5.74) is 2.12. The first-order chi connectivity index (χ1) is 14.5. The van der Waals surface area contributed by atoms with Crippen molar-refractivity contribution in [3.63, 3.8) is 0 Å². The van der Waals surface area contributed by atoms with E-state index < -0.39 is 6.10 Å². The Hall–Kier alpha value is -2.83. The molecule has 0 spiro atoms. The Morgan fingerprint density at radius 3 is 2.73 bits per heavy atom. The minimum atomic E-state index is -0.680. The molecule has 30 heavy (non-hydrogen) atoms. The van der Waals surface area contributed by atoms with Gasteiger partial charge < -0.3 is 19.4 Å². The Labute approximate surface area is 175 Å². The van der Waals surface area contributed by atoms with Crippen LogP contribution in [0.25, 0.3) is 11.0 Å². The molecule has 2 amide bonds. The number of aryl methyl sites for hydroxylation is 1. The highest BCUT2D eigenvalue weighted by Gasteiger charge is 2.21. The first kappa shape index (κ1) is 20.4. The number of benzene rings is 1. The number of ether oxygens (including phenoxy) is 1. The van der Waals surface area contributed by atoms with Crippen molar-refractivity contribution in [3.05, 3.63) is 39.7 Å². The fourth-order valence-electron chi connectivity index (χ4n) is 4.32. The van der Waals surface area contributed by atoms with Crippen molar-refractivity contribution in [2.45, 2.75) is 58.0 Å². The second kappa shape index (κ2) is 8.90. The molecule has 1 saturated heterocycles. The summed E-state index contributed by atoms with van der Waals surface area (Å²) < 4.78 is 11.3. The van der Waals surface area contributed by atoms with Gasteiger partial charge in [-0.15, -0.1) is 0 Å². The summed E-state index contributed by atoms with van der Waals surface area (Å²) in [5, 5.41) is 3.80. The van der Waals surface area contributed by atoms with E-state index in [4.69, 9.17) is 9.15 Å². The van der Waals surface area contributed by atoms with Crippen LogP contribution in [0.2, 0.25) is 0 Å². The van der Waals surface area contributed by atoms with Gasteiger partial charge in [0.15, 0.2) is 6.10 Å². The number of carbonyl (C=O) groups excluding carboxylic acids is 2. The number of carbonyl (C=O) groups is 2. The Balaban J connectivity index is 1.34. The monoisotopic (exact) mass is 412 g/mol. The van der Waals surface area contributed by atoms with Crippen molar-refractivity contribution < 1.29 is 18.7 Å². The minimum Gasteiger partial charge on any atom is -0.481 e. The molecule has 1 aromatic heterocycles. The molecule has 1 aromatic carbocycles. The normalized spacial score (nSPS) is 17.1. The summed E-state index contributed by atoms with van der Waals surface area (Å²) in [7, 11) is 0. The summed E-state index contributed by atoms with van der Waals surface area (Å²) in [5.74, 6) is 0.476. The van der Waals surface area contributed by atoms with E-state index in [2.05, 4.69) is 5.32 Å². The van der Waals surface area contributed by atoms with Crippen molar-refractivity contribution in [3.8, 4) is 5.75 Å². The second-order valence-corrected chi connectivity index (χ2v) is 8.10. The number of nitrogens with zero attached hydrogens (tertiary/aromatic N) is 1. The van der Waals surface area contributed by atoms with Gasteiger partial charge >= 0.3 is 5.63 Å². The van der Waals surface area contributed by atoms with E-state index in [0.29, 0.717) is 30.8 Å². The van der Waals surface area contributed by atoms with Gasteiger partial charge in [-0.1, -0.05) is 0 Å².